The Morgan fingerprint density at radius 1 is 1.15 bits per heavy atom. The standard InChI is InChI=1S/C19H13ClFNO4.Li/c1-25-18-13(3-2-8-22-18)14-9-15(19(23)24)16(21)10-17(14)26-12-6-4-11(20)5-7-12;/h2-10H,1H3,(H,23,24);/q;+1/p-1. The third-order valence-corrected chi connectivity index (χ3v) is 3.84. The van der Waals surface area contributed by atoms with Crippen LogP contribution in [0, 0.1) is 5.82 Å². The minimum atomic E-state index is -1.63. The van der Waals surface area contributed by atoms with Crippen molar-refractivity contribution in [3.63, 3.8) is 0 Å². The van der Waals surface area contributed by atoms with Crippen LogP contribution in [0.25, 0.3) is 11.1 Å². The second kappa shape index (κ2) is 8.91. The number of carboxylic acids is 1. The summed E-state index contributed by atoms with van der Waals surface area (Å²) in [7, 11) is 1.43. The SMILES string of the molecule is COc1ncccc1-c1cc(C(=O)[O-])c(F)cc1Oc1ccc(Cl)cc1.[Li+]. The van der Waals surface area contributed by atoms with E-state index in [0.717, 1.165) is 12.1 Å². The Bertz CT molecular complexity index is 966. The average molecular weight is 380 g/mol. The van der Waals surface area contributed by atoms with E-state index in [1.54, 1.807) is 36.4 Å². The van der Waals surface area contributed by atoms with Crippen molar-refractivity contribution in [1.29, 1.82) is 0 Å². The molecule has 1 aromatic heterocycles. The van der Waals surface area contributed by atoms with Gasteiger partial charge in [-0.2, -0.15) is 0 Å². The number of rotatable bonds is 5. The van der Waals surface area contributed by atoms with E-state index in [4.69, 9.17) is 21.1 Å². The number of hydrogen-bond donors (Lipinski definition) is 0. The number of pyridine rings is 1. The molecule has 0 radical (unpaired) electrons. The number of aromatic nitrogens is 1. The molecule has 0 saturated carbocycles. The van der Waals surface area contributed by atoms with Crippen molar-refractivity contribution in [2.24, 2.45) is 0 Å². The average Bonchev–Trinajstić information content (AvgIpc) is 2.63. The fraction of sp³-hybridized carbons (Fsp3) is 0.0526. The van der Waals surface area contributed by atoms with Crippen LogP contribution >= 0.6 is 11.6 Å². The Morgan fingerprint density at radius 3 is 2.48 bits per heavy atom. The van der Waals surface area contributed by atoms with E-state index in [-0.39, 0.29) is 30.5 Å². The van der Waals surface area contributed by atoms with Crippen LogP contribution in [0.15, 0.2) is 54.7 Å². The van der Waals surface area contributed by atoms with Crippen LogP contribution in [0.2, 0.25) is 5.02 Å². The molecule has 3 rings (SSSR count). The zero-order chi connectivity index (χ0) is 18.7. The molecule has 0 atom stereocenters. The molecule has 132 valence electrons. The molecule has 0 N–H and O–H groups in total. The summed E-state index contributed by atoms with van der Waals surface area (Å²) in [5.74, 6) is -1.87. The number of hydrogen-bond acceptors (Lipinski definition) is 5. The zero-order valence-electron chi connectivity index (χ0n) is 14.5. The summed E-state index contributed by atoms with van der Waals surface area (Å²) in [5, 5.41) is 11.7. The molecule has 0 unspecified atom stereocenters. The van der Waals surface area contributed by atoms with Crippen molar-refractivity contribution in [2.45, 2.75) is 0 Å². The van der Waals surface area contributed by atoms with Gasteiger partial charge in [-0.15, -0.1) is 0 Å². The van der Waals surface area contributed by atoms with Crippen LogP contribution in [0.3, 0.4) is 0 Å². The Hall–Kier alpha value is -2.52. The van der Waals surface area contributed by atoms with E-state index in [0.29, 0.717) is 21.9 Å². The largest absolute Gasteiger partial charge is 1.00 e. The molecular weight excluding hydrogens is 368 g/mol. The molecule has 0 saturated heterocycles. The monoisotopic (exact) mass is 379 g/mol. The normalized spacial score (nSPS) is 10.0. The molecule has 0 aliphatic heterocycles. The topological polar surface area (TPSA) is 71.5 Å². The first kappa shape index (κ1) is 20.8. The Kier molecular flexibility index (Phi) is 6.86. The van der Waals surface area contributed by atoms with Gasteiger partial charge in [-0.05, 0) is 42.5 Å². The van der Waals surface area contributed by atoms with Crippen LogP contribution in [0.4, 0.5) is 4.39 Å². The number of halogens is 2. The predicted molar refractivity (Wildman–Crippen MR) is 92.0 cm³/mol. The van der Waals surface area contributed by atoms with Gasteiger partial charge in [0, 0.05) is 34.0 Å². The first-order chi connectivity index (χ1) is 12.5. The predicted octanol–water partition coefficient (Wildman–Crippen LogP) is 0.709. The first-order valence-electron chi connectivity index (χ1n) is 7.47. The number of aromatic carboxylic acids is 1. The molecule has 0 amide bonds. The van der Waals surface area contributed by atoms with E-state index in [9.17, 15) is 14.3 Å². The number of carbonyl (C=O) groups excluding carboxylic acids is 1. The maximum atomic E-state index is 14.2. The Morgan fingerprint density at radius 2 is 1.85 bits per heavy atom. The Balaban J connectivity index is 0.00000261. The number of methoxy groups -OCH3 is 1. The third-order valence-electron chi connectivity index (χ3n) is 3.59. The fourth-order valence-corrected chi connectivity index (χ4v) is 2.52. The second-order valence-electron chi connectivity index (χ2n) is 5.23. The summed E-state index contributed by atoms with van der Waals surface area (Å²) < 4.78 is 25.1. The van der Waals surface area contributed by atoms with Gasteiger partial charge in [0.25, 0.3) is 0 Å². The maximum absolute atomic E-state index is 14.2. The summed E-state index contributed by atoms with van der Waals surface area (Å²) >= 11 is 5.85. The molecule has 3 aromatic rings. The van der Waals surface area contributed by atoms with Crippen LogP contribution in [0.1, 0.15) is 10.4 Å². The summed E-state index contributed by atoms with van der Waals surface area (Å²) in [6, 6.07) is 11.9. The summed E-state index contributed by atoms with van der Waals surface area (Å²) in [6.07, 6.45) is 1.52. The molecule has 2 aromatic carbocycles. The van der Waals surface area contributed by atoms with Gasteiger partial charge >= 0.3 is 18.9 Å². The number of nitrogens with zero attached hydrogens (tertiary/aromatic N) is 1. The van der Waals surface area contributed by atoms with E-state index < -0.39 is 17.3 Å². The minimum absolute atomic E-state index is 0. The van der Waals surface area contributed by atoms with Crippen LogP contribution in [0.5, 0.6) is 17.4 Å². The fourth-order valence-electron chi connectivity index (χ4n) is 2.39. The van der Waals surface area contributed by atoms with Gasteiger partial charge in [0.05, 0.1) is 13.1 Å². The number of ether oxygens (including phenoxy) is 2. The smallest absolute Gasteiger partial charge is 0.545 e. The first-order valence-corrected chi connectivity index (χ1v) is 7.85. The molecule has 8 heteroatoms. The minimum Gasteiger partial charge on any atom is -0.545 e. The zero-order valence-corrected chi connectivity index (χ0v) is 15.3. The van der Waals surface area contributed by atoms with Crippen molar-refractivity contribution >= 4 is 17.6 Å². The van der Waals surface area contributed by atoms with Gasteiger partial charge in [-0.3, -0.25) is 0 Å². The molecule has 0 aliphatic rings. The van der Waals surface area contributed by atoms with E-state index in [2.05, 4.69) is 4.98 Å². The van der Waals surface area contributed by atoms with Crippen molar-refractivity contribution in [1.82, 2.24) is 4.98 Å². The molecule has 27 heavy (non-hydrogen) atoms. The summed E-state index contributed by atoms with van der Waals surface area (Å²) in [5.41, 5.74) is 0.154. The molecule has 0 fully saturated rings. The maximum Gasteiger partial charge on any atom is 1.00 e. The van der Waals surface area contributed by atoms with Gasteiger partial charge in [-0.25, -0.2) is 9.37 Å². The number of carbonyl (C=O) groups is 1. The van der Waals surface area contributed by atoms with Crippen molar-refractivity contribution in [3.05, 3.63) is 71.1 Å². The molecular formula is C19H12ClFLiNO4. The molecule has 0 spiro atoms. The van der Waals surface area contributed by atoms with Crippen LogP contribution in [-0.4, -0.2) is 18.1 Å². The Labute approximate surface area is 171 Å². The quantitative estimate of drug-likeness (QED) is 0.611. The van der Waals surface area contributed by atoms with Gasteiger partial charge in [0.2, 0.25) is 5.88 Å². The van der Waals surface area contributed by atoms with Gasteiger partial charge in [0.1, 0.15) is 17.3 Å². The molecule has 1 heterocycles. The molecule has 5 nitrogen and oxygen atoms in total. The summed E-state index contributed by atoms with van der Waals surface area (Å²) in [4.78, 5) is 15.3. The van der Waals surface area contributed by atoms with Crippen LogP contribution in [-0.2, 0) is 0 Å². The number of carboxylic acid groups (broad SMARTS) is 1. The molecule has 0 bridgehead atoms. The van der Waals surface area contributed by atoms with Gasteiger partial charge in [0.15, 0.2) is 0 Å². The van der Waals surface area contributed by atoms with Crippen molar-refractivity contribution < 1.29 is 42.6 Å². The van der Waals surface area contributed by atoms with Gasteiger partial charge < -0.3 is 19.4 Å². The van der Waals surface area contributed by atoms with Crippen molar-refractivity contribution in [2.75, 3.05) is 7.11 Å². The van der Waals surface area contributed by atoms with Crippen molar-refractivity contribution in [3.8, 4) is 28.5 Å². The summed E-state index contributed by atoms with van der Waals surface area (Å²) in [6.45, 7) is 0. The van der Waals surface area contributed by atoms with Crippen LogP contribution < -0.4 is 33.4 Å². The van der Waals surface area contributed by atoms with E-state index in [1.807, 2.05) is 0 Å². The third kappa shape index (κ3) is 4.61. The van der Waals surface area contributed by atoms with E-state index in [1.165, 1.54) is 13.3 Å². The van der Waals surface area contributed by atoms with E-state index >= 15 is 0 Å². The molecule has 0 aliphatic carbocycles. The number of benzene rings is 2. The van der Waals surface area contributed by atoms with Gasteiger partial charge in [-0.1, -0.05) is 11.6 Å². The second-order valence-corrected chi connectivity index (χ2v) is 5.67.